The van der Waals surface area contributed by atoms with E-state index in [4.69, 9.17) is 5.73 Å². The summed E-state index contributed by atoms with van der Waals surface area (Å²) in [6.45, 7) is -0.289. The number of hydrogen-bond acceptors (Lipinski definition) is 5. The number of fused-ring (bicyclic) bond motifs is 1. The summed E-state index contributed by atoms with van der Waals surface area (Å²) in [4.78, 5) is 37.6. The predicted molar refractivity (Wildman–Crippen MR) is 61.6 cm³/mol. The van der Waals surface area contributed by atoms with Crippen LogP contribution in [0.3, 0.4) is 0 Å². The SMILES string of the molecule is NC(=O)NC(=O)Cn1cnc2ccsc2c1=O. The molecule has 7 nitrogen and oxygen atoms in total. The van der Waals surface area contributed by atoms with Crippen LogP contribution in [-0.4, -0.2) is 21.5 Å². The summed E-state index contributed by atoms with van der Waals surface area (Å²) in [6, 6.07) is 0.767. The number of rotatable bonds is 2. The minimum Gasteiger partial charge on any atom is -0.351 e. The Balaban J connectivity index is 2.30. The number of thiophene rings is 1. The fourth-order valence-electron chi connectivity index (χ4n) is 1.32. The molecule has 0 bridgehead atoms. The number of nitrogens with zero attached hydrogens (tertiary/aromatic N) is 2. The summed E-state index contributed by atoms with van der Waals surface area (Å²) < 4.78 is 1.59. The van der Waals surface area contributed by atoms with Gasteiger partial charge < -0.3 is 5.73 Å². The molecule has 3 N–H and O–H groups in total. The Morgan fingerprint density at radius 3 is 3.00 bits per heavy atom. The highest BCUT2D eigenvalue weighted by Crippen LogP contribution is 2.12. The summed E-state index contributed by atoms with van der Waals surface area (Å²) in [5.74, 6) is -0.655. The molecule has 0 unspecified atom stereocenters. The molecule has 17 heavy (non-hydrogen) atoms. The molecule has 0 aromatic carbocycles. The molecular weight excluding hydrogens is 244 g/mol. The van der Waals surface area contributed by atoms with E-state index in [-0.39, 0.29) is 12.1 Å². The number of nitrogens with two attached hydrogens (primary N) is 1. The molecule has 88 valence electrons. The van der Waals surface area contributed by atoms with Crippen LogP contribution in [0.4, 0.5) is 4.79 Å². The monoisotopic (exact) mass is 252 g/mol. The number of carbonyl (C=O) groups is 2. The minimum absolute atomic E-state index is 0.289. The maximum atomic E-state index is 11.8. The molecule has 0 aliphatic carbocycles. The summed E-state index contributed by atoms with van der Waals surface area (Å²) in [6.07, 6.45) is 1.26. The van der Waals surface area contributed by atoms with Crippen LogP contribution in [0.1, 0.15) is 0 Å². The van der Waals surface area contributed by atoms with Gasteiger partial charge in [-0.15, -0.1) is 11.3 Å². The highest BCUT2D eigenvalue weighted by Gasteiger charge is 2.09. The van der Waals surface area contributed by atoms with Gasteiger partial charge >= 0.3 is 6.03 Å². The predicted octanol–water partition coefficient (Wildman–Crippen LogP) is -0.347. The molecule has 2 heterocycles. The zero-order valence-corrected chi connectivity index (χ0v) is 9.36. The van der Waals surface area contributed by atoms with E-state index in [1.165, 1.54) is 17.7 Å². The van der Waals surface area contributed by atoms with Crippen molar-refractivity contribution < 1.29 is 9.59 Å². The smallest absolute Gasteiger partial charge is 0.318 e. The molecule has 2 aromatic rings. The van der Waals surface area contributed by atoms with Gasteiger partial charge in [-0.05, 0) is 11.4 Å². The summed E-state index contributed by atoms with van der Waals surface area (Å²) >= 11 is 1.25. The van der Waals surface area contributed by atoms with Crippen LogP contribution in [0, 0.1) is 0 Å². The molecule has 0 atom stereocenters. The quantitative estimate of drug-likeness (QED) is 0.761. The third-order valence-corrected chi connectivity index (χ3v) is 2.90. The van der Waals surface area contributed by atoms with Crippen LogP contribution in [0.2, 0.25) is 0 Å². The largest absolute Gasteiger partial charge is 0.351 e. The topological polar surface area (TPSA) is 107 Å². The van der Waals surface area contributed by atoms with E-state index in [9.17, 15) is 14.4 Å². The van der Waals surface area contributed by atoms with Gasteiger partial charge in [-0.2, -0.15) is 0 Å². The zero-order valence-electron chi connectivity index (χ0n) is 8.54. The number of nitrogens with one attached hydrogen (secondary N) is 1. The van der Waals surface area contributed by atoms with Gasteiger partial charge in [-0.3, -0.25) is 19.5 Å². The Hall–Kier alpha value is -2.22. The molecule has 2 aromatic heterocycles. The maximum absolute atomic E-state index is 11.8. The zero-order chi connectivity index (χ0) is 12.4. The average Bonchev–Trinajstić information content (AvgIpc) is 2.69. The third-order valence-electron chi connectivity index (χ3n) is 2.01. The lowest BCUT2D eigenvalue weighted by molar-refractivity contribution is -0.120. The van der Waals surface area contributed by atoms with Crippen LogP contribution in [0.15, 0.2) is 22.6 Å². The Morgan fingerprint density at radius 1 is 1.53 bits per heavy atom. The Morgan fingerprint density at radius 2 is 2.29 bits per heavy atom. The average molecular weight is 252 g/mol. The number of primary amides is 1. The first-order valence-electron chi connectivity index (χ1n) is 4.60. The van der Waals surface area contributed by atoms with Crippen molar-refractivity contribution in [1.29, 1.82) is 0 Å². The summed E-state index contributed by atoms with van der Waals surface area (Å²) in [5.41, 5.74) is 5.06. The lowest BCUT2D eigenvalue weighted by atomic mass is 10.4. The van der Waals surface area contributed by atoms with Crippen LogP contribution < -0.4 is 16.6 Å². The van der Waals surface area contributed by atoms with E-state index >= 15 is 0 Å². The third kappa shape index (κ3) is 2.31. The first kappa shape index (κ1) is 11.3. The van der Waals surface area contributed by atoms with Gasteiger partial charge in [0.15, 0.2) is 0 Å². The molecular formula is C9H8N4O3S. The molecule has 0 saturated carbocycles. The van der Waals surface area contributed by atoms with Crippen molar-refractivity contribution in [2.45, 2.75) is 6.54 Å². The van der Waals surface area contributed by atoms with Gasteiger partial charge in [0.25, 0.3) is 5.56 Å². The first-order valence-corrected chi connectivity index (χ1v) is 5.48. The first-order chi connectivity index (χ1) is 8.08. The van der Waals surface area contributed by atoms with Crippen LogP contribution in [0.5, 0.6) is 0 Å². The number of hydrogen-bond donors (Lipinski definition) is 2. The van der Waals surface area contributed by atoms with E-state index < -0.39 is 11.9 Å². The lowest BCUT2D eigenvalue weighted by Crippen LogP contribution is -2.39. The maximum Gasteiger partial charge on any atom is 0.318 e. The Labute approximate surface area is 98.9 Å². The minimum atomic E-state index is -0.951. The second-order valence-corrected chi connectivity index (χ2v) is 4.14. The number of amides is 3. The molecule has 0 saturated heterocycles. The molecule has 3 amide bonds. The highest BCUT2D eigenvalue weighted by molar-refractivity contribution is 7.17. The summed E-state index contributed by atoms with van der Waals surface area (Å²) in [7, 11) is 0. The molecule has 8 heteroatoms. The van der Waals surface area contributed by atoms with Gasteiger partial charge in [0, 0.05) is 0 Å². The van der Waals surface area contributed by atoms with Crippen LogP contribution in [0.25, 0.3) is 10.2 Å². The number of carbonyl (C=O) groups excluding carboxylic acids is 2. The number of imide groups is 1. The van der Waals surface area contributed by atoms with Gasteiger partial charge in [0.1, 0.15) is 11.2 Å². The second-order valence-electron chi connectivity index (χ2n) is 3.23. The van der Waals surface area contributed by atoms with Crippen molar-refractivity contribution in [2.24, 2.45) is 5.73 Å². The molecule has 2 rings (SSSR count). The summed E-state index contributed by atoms with van der Waals surface area (Å²) in [5, 5.41) is 3.62. The van der Waals surface area contributed by atoms with Crippen molar-refractivity contribution in [3.8, 4) is 0 Å². The van der Waals surface area contributed by atoms with Crippen molar-refractivity contribution in [2.75, 3.05) is 0 Å². The van der Waals surface area contributed by atoms with E-state index in [0.717, 1.165) is 4.57 Å². The number of urea groups is 1. The molecule has 0 spiro atoms. The standard InChI is InChI=1S/C9H8N4O3S/c10-9(16)12-6(14)3-13-4-11-5-1-2-17-7(5)8(13)15/h1-2,4H,3H2,(H3,10,12,14,16). The number of aromatic nitrogens is 2. The Kier molecular flexibility index (Phi) is 2.88. The molecule has 0 fully saturated rings. The molecule has 0 radical (unpaired) electrons. The van der Waals surface area contributed by atoms with Gasteiger partial charge in [0.2, 0.25) is 5.91 Å². The van der Waals surface area contributed by atoms with Crippen LogP contribution in [-0.2, 0) is 11.3 Å². The second kappa shape index (κ2) is 4.34. The lowest BCUT2D eigenvalue weighted by Gasteiger charge is -2.03. The highest BCUT2D eigenvalue weighted by atomic mass is 32.1. The van der Waals surface area contributed by atoms with Crippen molar-refractivity contribution >= 4 is 33.5 Å². The normalized spacial score (nSPS) is 10.4. The van der Waals surface area contributed by atoms with E-state index in [1.807, 2.05) is 5.32 Å². The van der Waals surface area contributed by atoms with Crippen LogP contribution >= 0.6 is 11.3 Å². The van der Waals surface area contributed by atoms with Crippen molar-refractivity contribution in [3.05, 3.63) is 28.1 Å². The van der Waals surface area contributed by atoms with Gasteiger partial charge in [0.05, 0.1) is 11.8 Å². The van der Waals surface area contributed by atoms with Gasteiger partial charge in [-0.1, -0.05) is 0 Å². The van der Waals surface area contributed by atoms with Crippen molar-refractivity contribution in [3.63, 3.8) is 0 Å². The van der Waals surface area contributed by atoms with E-state index in [0.29, 0.717) is 10.2 Å². The van der Waals surface area contributed by atoms with E-state index in [2.05, 4.69) is 4.98 Å². The van der Waals surface area contributed by atoms with Gasteiger partial charge in [-0.25, -0.2) is 9.78 Å². The van der Waals surface area contributed by atoms with E-state index in [1.54, 1.807) is 11.4 Å². The molecule has 0 aliphatic rings. The fraction of sp³-hybridized carbons (Fsp3) is 0.111. The Bertz CT molecular complexity index is 645. The molecule has 0 aliphatic heterocycles. The fourth-order valence-corrected chi connectivity index (χ4v) is 2.12. The van der Waals surface area contributed by atoms with Crippen molar-refractivity contribution in [1.82, 2.24) is 14.9 Å².